The van der Waals surface area contributed by atoms with Crippen LogP contribution < -0.4 is 5.32 Å². The Kier molecular flexibility index (Phi) is 4.04. The second kappa shape index (κ2) is 5.54. The van der Waals surface area contributed by atoms with Crippen molar-refractivity contribution in [2.24, 2.45) is 0 Å². The van der Waals surface area contributed by atoms with Crippen LogP contribution in [0.25, 0.3) is 0 Å². The van der Waals surface area contributed by atoms with Crippen LogP contribution in [-0.4, -0.2) is 4.98 Å². The SMILES string of the molecule is Cc1ncsc1CNC(C)c1cccc(F)c1F. The third-order valence-electron chi connectivity index (χ3n) is 2.86. The second-order valence-corrected chi connectivity index (χ2v) is 5.05. The minimum Gasteiger partial charge on any atom is -0.305 e. The minimum atomic E-state index is -0.810. The van der Waals surface area contributed by atoms with Gasteiger partial charge in [-0.05, 0) is 19.9 Å². The van der Waals surface area contributed by atoms with Gasteiger partial charge in [0.2, 0.25) is 0 Å². The van der Waals surface area contributed by atoms with Gasteiger partial charge in [0.25, 0.3) is 0 Å². The number of thiazole rings is 1. The molecule has 1 aromatic heterocycles. The molecule has 0 saturated heterocycles. The summed E-state index contributed by atoms with van der Waals surface area (Å²) in [6.07, 6.45) is 0. The van der Waals surface area contributed by atoms with Crippen molar-refractivity contribution in [3.63, 3.8) is 0 Å². The van der Waals surface area contributed by atoms with Crippen LogP contribution in [0.2, 0.25) is 0 Å². The number of aromatic nitrogens is 1. The third kappa shape index (κ3) is 2.73. The van der Waals surface area contributed by atoms with Crippen LogP contribution >= 0.6 is 11.3 Å². The highest BCUT2D eigenvalue weighted by Crippen LogP contribution is 2.20. The maximum absolute atomic E-state index is 13.6. The van der Waals surface area contributed by atoms with Crippen LogP contribution in [0.4, 0.5) is 8.78 Å². The monoisotopic (exact) mass is 268 g/mol. The molecule has 1 N–H and O–H groups in total. The normalized spacial score (nSPS) is 12.7. The Balaban J connectivity index is 2.06. The molecule has 0 amide bonds. The van der Waals surface area contributed by atoms with E-state index in [0.29, 0.717) is 12.1 Å². The highest BCUT2D eigenvalue weighted by molar-refractivity contribution is 7.09. The number of rotatable bonds is 4. The Morgan fingerprint density at radius 2 is 2.17 bits per heavy atom. The van der Waals surface area contributed by atoms with Crippen molar-refractivity contribution in [1.29, 1.82) is 0 Å². The van der Waals surface area contributed by atoms with Gasteiger partial charge in [-0.1, -0.05) is 12.1 Å². The number of nitrogens with zero attached hydrogens (tertiary/aromatic N) is 1. The molecule has 1 unspecified atom stereocenters. The zero-order valence-corrected chi connectivity index (χ0v) is 11.0. The van der Waals surface area contributed by atoms with Crippen LogP contribution in [0.5, 0.6) is 0 Å². The van der Waals surface area contributed by atoms with E-state index >= 15 is 0 Å². The van der Waals surface area contributed by atoms with Gasteiger partial charge in [-0.25, -0.2) is 13.8 Å². The topological polar surface area (TPSA) is 24.9 Å². The van der Waals surface area contributed by atoms with Crippen molar-refractivity contribution < 1.29 is 8.78 Å². The van der Waals surface area contributed by atoms with Crippen LogP contribution in [-0.2, 0) is 6.54 Å². The third-order valence-corrected chi connectivity index (χ3v) is 3.80. The Hall–Kier alpha value is -1.33. The van der Waals surface area contributed by atoms with E-state index in [9.17, 15) is 8.78 Å². The first-order chi connectivity index (χ1) is 8.59. The minimum absolute atomic E-state index is 0.248. The van der Waals surface area contributed by atoms with Gasteiger partial charge in [0.1, 0.15) is 0 Å². The summed E-state index contributed by atoms with van der Waals surface area (Å²) >= 11 is 1.55. The zero-order valence-electron chi connectivity index (χ0n) is 10.2. The van der Waals surface area contributed by atoms with Gasteiger partial charge in [-0.3, -0.25) is 0 Å². The van der Waals surface area contributed by atoms with E-state index in [-0.39, 0.29) is 6.04 Å². The van der Waals surface area contributed by atoms with Crippen LogP contribution in [0, 0.1) is 18.6 Å². The summed E-state index contributed by atoms with van der Waals surface area (Å²) in [4.78, 5) is 5.25. The fourth-order valence-corrected chi connectivity index (χ4v) is 2.43. The van der Waals surface area contributed by atoms with Crippen molar-refractivity contribution in [3.05, 3.63) is 51.5 Å². The smallest absolute Gasteiger partial charge is 0.163 e. The first-order valence-corrected chi connectivity index (χ1v) is 6.54. The summed E-state index contributed by atoms with van der Waals surface area (Å²) in [5, 5.41) is 3.17. The Bertz CT molecular complexity index is 540. The largest absolute Gasteiger partial charge is 0.305 e. The summed E-state index contributed by atoms with van der Waals surface area (Å²) in [5.74, 6) is -1.59. The Morgan fingerprint density at radius 3 is 2.83 bits per heavy atom. The molecule has 2 aromatic rings. The Labute approximate surface area is 109 Å². The highest BCUT2D eigenvalue weighted by Gasteiger charge is 2.14. The molecule has 0 aliphatic rings. The lowest BCUT2D eigenvalue weighted by molar-refractivity contribution is 0.473. The molecule has 0 aliphatic heterocycles. The molecule has 2 rings (SSSR count). The molecular formula is C13H14F2N2S. The molecular weight excluding hydrogens is 254 g/mol. The van der Waals surface area contributed by atoms with Gasteiger partial charge in [0.05, 0.1) is 11.2 Å². The molecule has 96 valence electrons. The number of hydrogen-bond donors (Lipinski definition) is 1. The lowest BCUT2D eigenvalue weighted by Gasteiger charge is -2.14. The molecule has 0 aliphatic carbocycles. The predicted octanol–water partition coefficient (Wildman–Crippen LogP) is 3.58. The van der Waals surface area contributed by atoms with E-state index in [2.05, 4.69) is 10.3 Å². The first-order valence-electron chi connectivity index (χ1n) is 5.66. The van der Waals surface area contributed by atoms with Crippen molar-refractivity contribution in [2.45, 2.75) is 26.4 Å². The van der Waals surface area contributed by atoms with E-state index in [0.717, 1.165) is 16.6 Å². The average Bonchev–Trinajstić information content (AvgIpc) is 2.75. The molecule has 0 spiro atoms. The number of aryl methyl sites for hydroxylation is 1. The maximum Gasteiger partial charge on any atom is 0.163 e. The lowest BCUT2D eigenvalue weighted by Crippen LogP contribution is -2.19. The maximum atomic E-state index is 13.6. The fourth-order valence-electron chi connectivity index (χ4n) is 1.71. The molecule has 0 bridgehead atoms. The van der Waals surface area contributed by atoms with Crippen LogP contribution in [0.3, 0.4) is 0 Å². The summed E-state index contributed by atoms with van der Waals surface area (Å²) < 4.78 is 26.7. The summed E-state index contributed by atoms with van der Waals surface area (Å²) in [7, 11) is 0. The molecule has 1 aromatic carbocycles. The van der Waals surface area contributed by atoms with Gasteiger partial charge >= 0.3 is 0 Å². The fraction of sp³-hybridized carbons (Fsp3) is 0.308. The van der Waals surface area contributed by atoms with Gasteiger partial charge in [0.15, 0.2) is 11.6 Å². The highest BCUT2D eigenvalue weighted by atomic mass is 32.1. The molecule has 2 nitrogen and oxygen atoms in total. The number of hydrogen-bond acceptors (Lipinski definition) is 3. The van der Waals surface area contributed by atoms with Gasteiger partial charge in [0, 0.05) is 23.0 Å². The van der Waals surface area contributed by atoms with E-state index in [1.807, 2.05) is 13.8 Å². The van der Waals surface area contributed by atoms with Crippen molar-refractivity contribution in [1.82, 2.24) is 10.3 Å². The standard InChI is InChI=1S/C13H14F2N2S/c1-8(10-4-3-5-11(14)13(10)15)16-6-12-9(2)17-7-18-12/h3-5,7-8,16H,6H2,1-2H3. The van der Waals surface area contributed by atoms with E-state index in [1.54, 1.807) is 22.9 Å². The number of benzene rings is 1. The summed E-state index contributed by atoms with van der Waals surface area (Å²) in [6, 6.07) is 3.99. The van der Waals surface area contributed by atoms with Crippen LogP contribution in [0.15, 0.2) is 23.7 Å². The van der Waals surface area contributed by atoms with Gasteiger partial charge in [-0.2, -0.15) is 0 Å². The number of halogens is 2. The quantitative estimate of drug-likeness (QED) is 0.916. The lowest BCUT2D eigenvalue weighted by atomic mass is 10.1. The van der Waals surface area contributed by atoms with Crippen molar-refractivity contribution >= 4 is 11.3 Å². The molecule has 0 fully saturated rings. The predicted molar refractivity (Wildman–Crippen MR) is 68.5 cm³/mol. The molecule has 0 saturated carbocycles. The van der Waals surface area contributed by atoms with Crippen molar-refractivity contribution in [3.8, 4) is 0 Å². The van der Waals surface area contributed by atoms with E-state index in [4.69, 9.17) is 0 Å². The molecule has 1 atom stereocenters. The zero-order chi connectivity index (χ0) is 13.1. The molecule has 18 heavy (non-hydrogen) atoms. The molecule has 0 radical (unpaired) electrons. The summed E-state index contributed by atoms with van der Waals surface area (Å²) in [5.41, 5.74) is 3.09. The summed E-state index contributed by atoms with van der Waals surface area (Å²) in [6.45, 7) is 4.35. The van der Waals surface area contributed by atoms with E-state index in [1.165, 1.54) is 6.07 Å². The van der Waals surface area contributed by atoms with Crippen molar-refractivity contribution in [2.75, 3.05) is 0 Å². The second-order valence-electron chi connectivity index (χ2n) is 4.11. The first kappa shape index (κ1) is 13.1. The number of nitrogens with one attached hydrogen (secondary N) is 1. The molecule has 5 heteroatoms. The molecule has 1 heterocycles. The Morgan fingerprint density at radius 1 is 1.39 bits per heavy atom. The van der Waals surface area contributed by atoms with Gasteiger partial charge < -0.3 is 5.32 Å². The van der Waals surface area contributed by atoms with Crippen LogP contribution in [0.1, 0.15) is 29.1 Å². The van der Waals surface area contributed by atoms with E-state index < -0.39 is 11.6 Å². The average molecular weight is 268 g/mol. The van der Waals surface area contributed by atoms with Gasteiger partial charge in [-0.15, -0.1) is 11.3 Å².